The second-order valence-electron chi connectivity index (χ2n) is 8.00. The van der Waals surface area contributed by atoms with E-state index in [0.717, 1.165) is 16.5 Å². The number of aromatic nitrogens is 1. The highest BCUT2D eigenvalue weighted by Gasteiger charge is 2.58. The summed E-state index contributed by atoms with van der Waals surface area (Å²) < 4.78 is 57.8. The molecule has 10 heteroatoms. The first-order valence-electron chi connectivity index (χ1n) is 9.91. The minimum Gasteiger partial charge on any atom is -0.475 e. The van der Waals surface area contributed by atoms with Crippen molar-refractivity contribution in [3.05, 3.63) is 65.1 Å². The zero-order valence-corrected chi connectivity index (χ0v) is 16.6. The van der Waals surface area contributed by atoms with Crippen molar-refractivity contribution in [1.29, 1.82) is 0 Å². The van der Waals surface area contributed by atoms with Gasteiger partial charge in [-0.15, -0.1) is 0 Å². The Bertz CT molecular complexity index is 1250. The zero-order valence-electron chi connectivity index (χ0n) is 16.6. The molecule has 0 aliphatic carbocycles. The van der Waals surface area contributed by atoms with Crippen molar-refractivity contribution in [2.75, 3.05) is 6.54 Å². The molecule has 1 saturated heterocycles. The first kappa shape index (κ1) is 20.3. The van der Waals surface area contributed by atoms with Crippen LogP contribution in [0, 0.1) is 5.82 Å². The van der Waals surface area contributed by atoms with E-state index in [-0.39, 0.29) is 13.1 Å². The van der Waals surface area contributed by atoms with Gasteiger partial charge in [-0.3, -0.25) is 9.69 Å². The number of nitrogens with one attached hydrogen (secondary N) is 2. The second kappa shape index (κ2) is 6.98. The molecule has 1 unspecified atom stereocenters. The van der Waals surface area contributed by atoms with E-state index in [1.54, 1.807) is 12.1 Å². The topological polar surface area (TPSA) is 74.4 Å². The Labute approximate surface area is 179 Å². The van der Waals surface area contributed by atoms with Crippen molar-refractivity contribution in [3.63, 3.8) is 0 Å². The van der Waals surface area contributed by atoms with Gasteiger partial charge < -0.3 is 15.0 Å². The quantitative estimate of drug-likeness (QED) is 0.458. The molecule has 3 aromatic rings. The third-order valence-electron chi connectivity index (χ3n) is 5.86. The number of aryl methyl sites for hydroxylation is 1. The molecule has 2 aliphatic heterocycles. The van der Waals surface area contributed by atoms with Gasteiger partial charge in [0.2, 0.25) is 5.60 Å². The molecule has 32 heavy (non-hydrogen) atoms. The molecule has 2 N–H and O–H groups in total. The van der Waals surface area contributed by atoms with E-state index in [4.69, 9.17) is 4.74 Å². The van der Waals surface area contributed by atoms with Gasteiger partial charge in [-0.2, -0.15) is 13.2 Å². The van der Waals surface area contributed by atoms with Crippen LogP contribution in [0.5, 0.6) is 5.75 Å². The van der Waals surface area contributed by atoms with Crippen molar-refractivity contribution in [2.24, 2.45) is 0 Å². The van der Waals surface area contributed by atoms with Crippen LogP contribution in [0.2, 0.25) is 0 Å². The summed E-state index contributed by atoms with van der Waals surface area (Å²) in [5.74, 6) is -0.660. The maximum Gasteiger partial charge on any atom is 0.431 e. The van der Waals surface area contributed by atoms with Crippen LogP contribution >= 0.6 is 0 Å². The van der Waals surface area contributed by atoms with E-state index in [9.17, 15) is 27.2 Å². The molecule has 6 nitrogen and oxygen atoms in total. The summed E-state index contributed by atoms with van der Waals surface area (Å²) >= 11 is 0. The number of ether oxygens (including phenoxy) is 1. The number of halogens is 4. The fourth-order valence-electron chi connectivity index (χ4n) is 4.12. The molecule has 1 aromatic heterocycles. The SMILES string of the molecule is O=C(NCc1ccc2[nH]c(C(F)(F)F)cc2c1)N1CC2(CCc3ccc(F)cc3O2)C1=O. The van der Waals surface area contributed by atoms with E-state index >= 15 is 0 Å². The maximum absolute atomic E-state index is 13.5. The number of imide groups is 1. The lowest BCUT2D eigenvalue weighted by Gasteiger charge is -2.48. The van der Waals surface area contributed by atoms with Crippen LogP contribution in [-0.2, 0) is 23.9 Å². The number of hydrogen-bond donors (Lipinski definition) is 2. The Hall–Kier alpha value is -3.56. The predicted octanol–water partition coefficient (Wildman–Crippen LogP) is 4.14. The summed E-state index contributed by atoms with van der Waals surface area (Å²) in [6.45, 7) is 0.0758. The van der Waals surface area contributed by atoms with Crippen LogP contribution in [0.1, 0.15) is 23.2 Å². The van der Waals surface area contributed by atoms with Gasteiger partial charge in [0, 0.05) is 29.9 Å². The number of rotatable bonds is 2. The van der Waals surface area contributed by atoms with Gasteiger partial charge >= 0.3 is 12.2 Å². The lowest BCUT2D eigenvalue weighted by Crippen LogP contribution is -2.73. The number of urea groups is 1. The molecular formula is C22H17F4N3O3. The Balaban J connectivity index is 1.23. The molecule has 0 radical (unpaired) electrons. The Kier molecular flexibility index (Phi) is 4.44. The lowest BCUT2D eigenvalue weighted by molar-refractivity contribution is -0.166. The van der Waals surface area contributed by atoms with Crippen molar-refractivity contribution >= 4 is 22.8 Å². The first-order valence-corrected chi connectivity index (χ1v) is 9.91. The van der Waals surface area contributed by atoms with Gasteiger partial charge in [-0.1, -0.05) is 12.1 Å². The molecule has 2 aliphatic rings. The Morgan fingerprint density at radius 1 is 1.19 bits per heavy atom. The summed E-state index contributed by atoms with van der Waals surface area (Å²) in [6, 6.07) is 9.19. The number of alkyl halides is 3. The number of likely N-dealkylation sites (tertiary alicyclic amines) is 1. The maximum atomic E-state index is 13.5. The van der Waals surface area contributed by atoms with Gasteiger partial charge in [0.15, 0.2) is 0 Å². The lowest BCUT2D eigenvalue weighted by atomic mass is 9.83. The fourth-order valence-corrected chi connectivity index (χ4v) is 4.12. The first-order chi connectivity index (χ1) is 15.1. The van der Waals surface area contributed by atoms with E-state index in [1.807, 2.05) is 0 Å². The molecule has 0 bridgehead atoms. The number of hydrogen-bond acceptors (Lipinski definition) is 3. The summed E-state index contributed by atoms with van der Waals surface area (Å²) in [5, 5.41) is 2.97. The summed E-state index contributed by atoms with van der Waals surface area (Å²) in [5.41, 5.74) is -0.297. The minimum atomic E-state index is -4.48. The van der Waals surface area contributed by atoms with E-state index in [2.05, 4.69) is 10.3 Å². The highest BCUT2D eigenvalue weighted by molar-refractivity contribution is 6.04. The second-order valence-corrected chi connectivity index (χ2v) is 8.00. The van der Waals surface area contributed by atoms with Crippen LogP contribution in [-0.4, -0.2) is 34.0 Å². The molecule has 1 atom stereocenters. The Morgan fingerprint density at radius 3 is 2.75 bits per heavy atom. The monoisotopic (exact) mass is 447 g/mol. The van der Waals surface area contributed by atoms with E-state index in [1.165, 1.54) is 24.3 Å². The van der Waals surface area contributed by atoms with Crippen molar-refractivity contribution in [2.45, 2.75) is 31.2 Å². The normalized spacial score (nSPS) is 20.1. The third-order valence-corrected chi connectivity index (χ3v) is 5.86. The van der Waals surface area contributed by atoms with Crippen LogP contribution in [0.4, 0.5) is 22.4 Å². The zero-order chi connectivity index (χ0) is 22.7. The smallest absolute Gasteiger partial charge is 0.431 e. The van der Waals surface area contributed by atoms with E-state index < -0.39 is 35.2 Å². The molecule has 5 rings (SSSR count). The van der Waals surface area contributed by atoms with Gasteiger partial charge in [0.05, 0.1) is 6.54 Å². The van der Waals surface area contributed by atoms with Gasteiger partial charge in [0.25, 0.3) is 5.91 Å². The molecule has 3 amide bonds. The summed E-state index contributed by atoms with van der Waals surface area (Å²) in [6.07, 6.45) is -3.55. The largest absolute Gasteiger partial charge is 0.475 e. The van der Waals surface area contributed by atoms with Crippen molar-refractivity contribution < 1.29 is 31.9 Å². The number of benzene rings is 2. The number of H-pyrrole nitrogens is 1. The van der Waals surface area contributed by atoms with Crippen LogP contribution in [0.15, 0.2) is 42.5 Å². The summed E-state index contributed by atoms with van der Waals surface area (Å²) in [4.78, 5) is 28.5. The molecule has 166 valence electrons. The van der Waals surface area contributed by atoms with Gasteiger partial charge in [0.1, 0.15) is 17.3 Å². The number of aromatic amines is 1. The number of fused-ring (bicyclic) bond motifs is 2. The minimum absolute atomic E-state index is 0.0347. The number of carbonyl (C=O) groups excluding carboxylic acids is 2. The molecular weight excluding hydrogens is 430 g/mol. The van der Waals surface area contributed by atoms with Crippen LogP contribution in [0.25, 0.3) is 10.9 Å². The average Bonchev–Trinajstić information content (AvgIpc) is 3.19. The highest BCUT2D eigenvalue weighted by atomic mass is 19.4. The predicted molar refractivity (Wildman–Crippen MR) is 105 cm³/mol. The summed E-state index contributed by atoms with van der Waals surface area (Å²) in [7, 11) is 0. The van der Waals surface area contributed by atoms with Gasteiger partial charge in [-0.05, 0) is 41.8 Å². The van der Waals surface area contributed by atoms with Crippen LogP contribution in [0.3, 0.4) is 0 Å². The molecule has 2 aromatic carbocycles. The van der Waals surface area contributed by atoms with E-state index in [0.29, 0.717) is 35.1 Å². The standard InChI is InChI=1S/C22H17F4N3O3/c23-15-3-2-13-5-6-21(32-17(13)9-15)11-29(19(21)30)20(31)27-10-12-1-4-16-14(7-12)8-18(28-16)22(24,25)26/h1-4,7-9,28H,5-6,10-11H2,(H,27,31). The number of nitrogens with zero attached hydrogens (tertiary/aromatic N) is 1. The van der Waals surface area contributed by atoms with Crippen molar-refractivity contribution in [3.8, 4) is 5.75 Å². The molecule has 1 fully saturated rings. The number of carbonyl (C=O) groups is 2. The van der Waals surface area contributed by atoms with Gasteiger partial charge in [-0.25, -0.2) is 9.18 Å². The number of amides is 3. The van der Waals surface area contributed by atoms with Crippen molar-refractivity contribution in [1.82, 2.24) is 15.2 Å². The molecule has 0 saturated carbocycles. The molecule has 1 spiro atoms. The Morgan fingerprint density at radius 2 is 2.00 bits per heavy atom. The number of β-lactam (4-membered cyclic amide) rings is 1. The third kappa shape index (κ3) is 3.35. The average molecular weight is 447 g/mol. The van der Waals surface area contributed by atoms with Crippen LogP contribution < -0.4 is 10.1 Å². The molecule has 3 heterocycles. The fraction of sp³-hybridized carbons (Fsp3) is 0.273. The highest BCUT2D eigenvalue weighted by Crippen LogP contribution is 2.40.